The van der Waals surface area contributed by atoms with Gasteiger partial charge in [-0.15, -0.1) is 0 Å². The van der Waals surface area contributed by atoms with Crippen molar-refractivity contribution in [1.82, 2.24) is 10.3 Å². The SMILES string of the molecule is CCC(C)[C@H](N)C(=O)NCc1ccc(C(=O)O)nc1. The number of carbonyl (C=O) groups excluding carboxylic acids is 1. The second-order valence-electron chi connectivity index (χ2n) is 4.49. The van der Waals surface area contributed by atoms with E-state index in [-0.39, 0.29) is 24.1 Å². The molecule has 0 saturated carbocycles. The highest BCUT2D eigenvalue weighted by atomic mass is 16.4. The molecule has 4 N–H and O–H groups in total. The van der Waals surface area contributed by atoms with Gasteiger partial charge in [-0.3, -0.25) is 4.79 Å². The van der Waals surface area contributed by atoms with Crippen LogP contribution in [0.4, 0.5) is 0 Å². The zero-order valence-corrected chi connectivity index (χ0v) is 11.1. The fourth-order valence-corrected chi connectivity index (χ4v) is 1.47. The molecule has 0 aliphatic rings. The Balaban J connectivity index is 2.52. The van der Waals surface area contributed by atoms with E-state index in [1.807, 2.05) is 13.8 Å². The van der Waals surface area contributed by atoms with Crippen molar-refractivity contribution >= 4 is 11.9 Å². The highest BCUT2D eigenvalue weighted by molar-refractivity contribution is 5.85. The van der Waals surface area contributed by atoms with Gasteiger partial charge in [-0.2, -0.15) is 0 Å². The molecule has 1 rings (SSSR count). The number of carbonyl (C=O) groups is 2. The molecule has 19 heavy (non-hydrogen) atoms. The first kappa shape index (κ1) is 15.1. The molecule has 1 aromatic heterocycles. The highest BCUT2D eigenvalue weighted by Crippen LogP contribution is 2.06. The topological polar surface area (TPSA) is 105 Å². The number of hydrogen-bond donors (Lipinski definition) is 3. The number of carboxylic acid groups (broad SMARTS) is 1. The number of aromatic carboxylic acids is 1. The van der Waals surface area contributed by atoms with E-state index in [0.29, 0.717) is 0 Å². The van der Waals surface area contributed by atoms with Gasteiger partial charge in [-0.05, 0) is 17.5 Å². The summed E-state index contributed by atoms with van der Waals surface area (Å²) in [5.74, 6) is -1.17. The number of rotatable bonds is 6. The smallest absolute Gasteiger partial charge is 0.354 e. The van der Waals surface area contributed by atoms with E-state index in [1.54, 1.807) is 6.07 Å². The largest absolute Gasteiger partial charge is 0.477 e. The van der Waals surface area contributed by atoms with Crippen molar-refractivity contribution in [2.24, 2.45) is 11.7 Å². The minimum Gasteiger partial charge on any atom is -0.477 e. The summed E-state index contributed by atoms with van der Waals surface area (Å²) in [7, 11) is 0. The standard InChI is InChI=1S/C13H19N3O3/c1-3-8(2)11(14)12(17)16-7-9-4-5-10(13(18)19)15-6-9/h4-6,8,11H,3,7,14H2,1-2H3,(H,16,17)(H,18,19)/t8?,11-/m0/s1. The first-order valence-corrected chi connectivity index (χ1v) is 6.17. The molecule has 0 aliphatic heterocycles. The number of hydrogen-bond acceptors (Lipinski definition) is 4. The molecule has 6 nitrogen and oxygen atoms in total. The molecule has 0 bridgehead atoms. The van der Waals surface area contributed by atoms with Crippen LogP contribution >= 0.6 is 0 Å². The summed E-state index contributed by atoms with van der Waals surface area (Å²) in [6, 6.07) is 2.49. The van der Waals surface area contributed by atoms with E-state index >= 15 is 0 Å². The van der Waals surface area contributed by atoms with Crippen LogP contribution in [0.3, 0.4) is 0 Å². The predicted octanol–water partition coefficient (Wildman–Crippen LogP) is 0.769. The molecule has 104 valence electrons. The molecule has 1 unspecified atom stereocenters. The van der Waals surface area contributed by atoms with Crippen LogP contribution in [0.1, 0.15) is 36.3 Å². The Morgan fingerprint density at radius 1 is 1.47 bits per heavy atom. The monoisotopic (exact) mass is 265 g/mol. The van der Waals surface area contributed by atoms with Gasteiger partial charge in [0, 0.05) is 12.7 Å². The number of aromatic nitrogens is 1. The van der Waals surface area contributed by atoms with Crippen molar-refractivity contribution in [2.75, 3.05) is 0 Å². The molecule has 0 radical (unpaired) electrons. The minimum atomic E-state index is -1.07. The van der Waals surface area contributed by atoms with Crippen LogP contribution in [0.5, 0.6) is 0 Å². The third-order valence-electron chi connectivity index (χ3n) is 3.07. The van der Waals surface area contributed by atoms with E-state index < -0.39 is 12.0 Å². The van der Waals surface area contributed by atoms with E-state index in [9.17, 15) is 9.59 Å². The molecule has 6 heteroatoms. The number of nitrogens with two attached hydrogens (primary N) is 1. The lowest BCUT2D eigenvalue weighted by Gasteiger charge is -2.17. The molecule has 0 fully saturated rings. The van der Waals surface area contributed by atoms with E-state index in [1.165, 1.54) is 12.3 Å². The van der Waals surface area contributed by atoms with Gasteiger partial charge in [0.2, 0.25) is 5.91 Å². The quantitative estimate of drug-likeness (QED) is 0.704. The average Bonchev–Trinajstić information content (AvgIpc) is 2.43. The van der Waals surface area contributed by atoms with Crippen LogP contribution in [0.15, 0.2) is 18.3 Å². The van der Waals surface area contributed by atoms with Gasteiger partial charge in [-0.1, -0.05) is 26.3 Å². The Kier molecular flexibility index (Phi) is 5.44. The maximum atomic E-state index is 11.7. The Labute approximate surface area is 112 Å². The molecule has 1 aromatic rings. The summed E-state index contributed by atoms with van der Waals surface area (Å²) in [4.78, 5) is 26.1. The van der Waals surface area contributed by atoms with Crippen molar-refractivity contribution in [3.8, 4) is 0 Å². The highest BCUT2D eigenvalue weighted by Gasteiger charge is 2.18. The molecule has 0 spiro atoms. The van der Waals surface area contributed by atoms with Crippen LogP contribution in [0, 0.1) is 5.92 Å². The summed E-state index contributed by atoms with van der Waals surface area (Å²) in [5, 5.41) is 11.4. The summed E-state index contributed by atoms with van der Waals surface area (Å²) in [5.41, 5.74) is 6.50. The fourth-order valence-electron chi connectivity index (χ4n) is 1.47. The van der Waals surface area contributed by atoms with Crippen LogP contribution in [-0.4, -0.2) is 28.0 Å². The summed E-state index contributed by atoms with van der Waals surface area (Å²) in [6.07, 6.45) is 2.27. The summed E-state index contributed by atoms with van der Waals surface area (Å²) in [6.45, 7) is 4.19. The Morgan fingerprint density at radius 2 is 2.16 bits per heavy atom. The van der Waals surface area contributed by atoms with Gasteiger partial charge < -0.3 is 16.2 Å². The zero-order chi connectivity index (χ0) is 14.4. The van der Waals surface area contributed by atoms with Crippen molar-refractivity contribution in [2.45, 2.75) is 32.9 Å². The molecular weight excluding hydrogens is 246 g/mol. The maximum Gasteiger partial charge on any atom is 0.354 e. The first-order valence-electron chi connectivity index (χ1n) is 6.17. The first-order chi connectivity index (χ1) is 8.95. The molecule has 2 atom stereocenters. The average molecular weight is 265 g/mol. The van der Waals surface area contributed by atoms with Crippen molar-refractivity contribution in [1.29, 1.82) is 0 Å². The molecule has 1 heterocycles. The molecule has 1 amide bonds. The Morgan fingerprint density at radius 3 is 2.63 bits per heavy atom. The maximum absolute atomic E-state index is 11.7. The van der Waals surface area contributed by atoms with Gasteiger partial charge in [0.1, 0.15) is 5.69 Å². The number of nitrogens with zero attached hydrogens (tertiary/aromatic N) is 1. The number of carboxylic acids is 1. The second-order valence-corrected chi connectivity index (χ2v) is 4.49. The lowest BCUT2D eigenvalue weighted by Crippen LogP contribution is -2.44. The third kappa shape index (κ3) is 4.33. The third-order valence-corrected chi connectivity index (χ3v) is 3.07. The van der Waals surface area contributed by atoms with Crippen molar-refractivity contribution in [3.05, 3.63) is 29.6 Å². The molecule has 0 aliphatic carbocycles. The van der Waals surface area contributed by atoms with Gasteiger partial charge in [0.25, 0.3) is 0 Å². The van der Waals surface area contributed by atoms with Crippen LogP contribution in [0.2, 0.25) is 0 Å². The zero-order valence-electron chi connectivity index (χ0n) is 11.1. The lowest BCUT2D eigenvalue weighted by molar-refractivity contribution is -0.123. The Hall–Kier alpha value is -1.95. The number of nitrogens with one attached hydrogen (secondary N) is 1. The molecule has 0 saturated heterocycles. The molecular formula is C13H19N3O3. The summed E-state index contributed by atoms with van der Waals surface area (Å²) < 4.78 is 0. The van der Waals surface area contributed by atoms with Crippen molar-refractivity contribution < 1.29 is 14.7 Å². The van der Waals surface area contributed by atoms with Gasteiger partial charge in [0.15, 0.2) is 0 Å². The van der Waals surface area contributed by atoms with Crippen LogP contribution in [0.25, 0.3) is 0 Å². The number of pyridine rings is 1. The normalized spacial score (nSPS) is 13.6. The molecule has 0 aromatic carbocycles. The minimum absolute atomic E-state index is 0.0219. The van der Waals surface area contributed by atoms with E-state index in [4.69, 9.17) is 10.8 Å². The van der Waals surface area contributed by atoms with Crippen molar-refractivity contribution in [3.63, 3.8) is 0 Å². The lowest BCUT2D eigenvalue weighted by atomic mass is 9.99. The van der Waals surface area contributed by atoms with Crippen LogP contribution < -0.4 is 11.1 Å². The second kappa shape index (κ2) is 6.84. The van der Waals surface area contributed by atoms with Crippen LogP contribution in [-0.2, 0) is 11.3 Å². The van der Waals surface area contributed by atoms with Gasteiger partial charge in [-0.25, -0.2) is 9.78 Å². The fraction of sp³-hybridized carbons (Fsp3) is 0.462. The van der Waals surface area contributed by atoms with Gasteiger partial charge in [0.05, 0.1) is 6.04 Å². The predicted molar refractivity (Wildman–Crippen MR) is 70.5 cm³/mol. The van der Waals surface area contributed by atoms with Gasteiger partial charge >= 0.3 is 5.97 Å². The number of amides is 1. The Bertz CT molecular complexity index is 445. The van der Waals surface area contributed by atoms with E-state index in [2.05, 4.69) is 10.3 Å². The summed E-state index contributed by atoms with van der Waals surface area (Å²) >= 11 is 0. The van der Waals surface area contributed by atoms with E-state index in [0.717, 1.165) is 12.0 Å².